The van der Waals surface area contributed by atoms with Crippen LogP contribution in [0, 0.1) is 0 Å². The Balaban J connectivity index is 1.63. The second-order valence-electron chi connectivity index (χ2n) is 6.41. The number of amides is 2. The van der Waals surface area contributed by atoms with Crippen molar-refractivity contribution < 1.29 is 14.3 Å². The quantitative estimate of drug-likeness (QED) is 0.455. The lowest BCUT2D eigenvalue weighted by Gasteiger charge is -2.11. The third-order valence-corrected chi connectivity index (χ3v) is 5.53. The van der Waals surface area contributed by atoms with Gasteiger partial charge in [0.05, 0.1) is 26.0 Å². The van der Waals surface area contributed by atoms with Crippen LogP contribution in [0.1, 0.15) is 10.4 Å². The van der Waals surface area contributed by atoms with E-state index in [0.29, 0.717) is 27.0 Å². The second kappa shape index (κ2) is 8.52. The number of ether oxygens (including phenoxy) is 1. The molecule has 4 aromatic rings. The molecule has 2 amide bonds. The molecule has 4 rings (SSSR count). The van der Waals surface area contributed by atoms with Crippen LogP contribution in [0.2, 0.25) is 4.34 Å². The number of rotatable bonds is 6. The van der Waals surface area contributed by atoms with Crippen molar-refractivity contribution in [1.29, 1.82) is 0 Å². The molecule has 0 aliphatic heterocycles. The Labute approximate surface area is 181 Å². The van der Waals surface area contributed by atoms with Crippen molar-refractivity contribution in [3.8, 4) is 16.3 Å². The summed E-state index contributed by atoms with van der Waals surface area (Å²) in [6.45, 7) is -0.204. The first-order valence-electron chi connectivity index (χ1n) is 8.97. The van der Waals surface area contributed by atoms with Crippen LogP contribution in [0.3, 0.4) is 0 Å². The summed E-state index contributed by atoms with van der Waals surface area (Å²) in [4.78, 5) is 29.4. The monoisotopic (exact) mass is 437 g/mol. The van der Waals surface area contributed by atoms with Gasteiger partial charge in [0, 0.05) is 11.1 Å². The molecule has 0 unspecified atom stereocenters. The molecule has 30 heavy (non-hydrogen) atoms. The third kappa shape index (κ3) is 4.42. The molecule has 0 bridgehead atoms. The van der Waals surface area contributed by atoms with E-state index < -0.39 is 5.91 Å². The number of hydrogen-bond acceptors (Lipinski definition) is 5. The molecule has 150 valence electrons. The van der Waals surface area contributed by atoms with Gasteiger partial charge in [0.1, 0.15) is 5.75 Å². The van der Waals surface area contributed by atoms with Crippen LogP contribution < -0.4 is 15.8 Å². The van der Waals surface area contributed by atoms with E-state index in [2.05, 4.69) is 10.3 Å². The summed E-state index contributed by atoms with van der Waals surface area (Å²) in [6.07, 6.45) is 0. The number of para-hydroxylation sites is 1. The lowest BCUT2D eigenvalue weighted by molar-refractivity contribution is -0.119. The van der Waals surface area contributed by atoms with Crippen LogP contribution in [0.25, 0.3) is 21.5 Å². The van der Waals surface area contributed by atoms with Crippen LogP contribution in [0.5, 0.6) is 5.75 Å². The van der Waals surface area contributed by atoms with Crippen molar-refractivity contribution in [3.05, 3.63) is 76.6 Å². The number of hydrogen-bond donors (Lipinski definition) is 2. The summed E-state index contributed by atoms with van der Waals surface area (Å²) in [5.74, 6) is -0.332. The van der Waals surface area contributed by atoms with Gasteiger partial charge in [0.25, 0.3) is 11.8 Å². The second-order valence-corrected chi connectivity index (χ2v) is 8.12. The number of carbonyl (C=O) groups is 2. The van der Waals surface area contributed by atoms with Gasteiger partial charge in [-0.2, -0.15) is 0 Å². The molecule has 0 aliphatic carbocycles. The minimum Gasteiger partial charge on any atom is -0.484 e. The SMILES string of the molecule is NC(=O)COc1ccc(NC(=O)c2cc(-c3ccc(Cl)s3)nc3ccccc23)cc1. The maximum absolute atomic E-state index is 13.1. The van der Waals surface area contributed by atoms with Crippen LogP contribution in [-0.2, 0) is 4.79 Å². The Morgan fingerprint density at radius 1 is 1.07 bits per heavy atom. The van der Waals surface area contributed by atoms with Gasteiger partial charge in [-0.1, -0.05) is 29.8 Å². The van der Waals surface area contributed by atoms with Gasteiger partial charge in [0.2, 0.25) is 0 Å². The van der Waals surface area contributed by atoms with Gasteiger partial charge in [0.15, 0.2) is 6.61 Å². The molecular weight excluding hydrogens is 422 g/mol. The summed E-state index contributed by atoms with van der Waals surface area (Å²) in [5.41, 5.74) is 7.58. The highest BCUT2D eigenvalue weighted by molar-refractivity contribution is 7.19. The van der Waals surface area contributed by atoms with Crippen molar-refractivity contribution in [1.82, 2.24) is 4.98 Å². The van der Waals surface area contributed by atoms with Crippen LogP contribution in [0.15, 0.2) is 66.7 Å². The molecule has 2 aromatic carbocycles. The minimum absolute atomic E-state index is 0.204. The highest BCUT2D eigenvalue weighted by Crippen LogP contribution is 2.32. The molecular formula is C22H16ClN3O3S. The lowest BCUT2D eigenvalue weighted by atomic mass is 10.1. The summed E-state index contributed by atoms with van der Waals surface area (Å²) in [6, 6.07) is 19.6. The Morgan fingerprint density at radius 2 is 1.83 bits per heavy atom. The molecule has 0 saturated carbocycles. The summed E-state index contributed by atoms with van der Waals surface area (Å²) >= 11 is 7.47. The van der Waals surface area contributed by atoms with E-state index in [9.17, 15) is 9.59 Å². The number of thiophene rings is 1. The summed E-state index contributed by atoms with van der Waals surface area (Å²) < 4.78 is 5.89. The topological polar surface area (TPSA) is 94.3 Å². The smallest absolute Gasteiger partial charge is 0.256 e. The van der Waals surface area contributed by atoms with Crippen molar-refractivity contribution >= 4 is 51.3 Å². The average Bonchev–Trinajstić information content (AvgIpc) is 3.18. The normalized spacial score (nSPS) is 10.7. The number of anilines is 1. The molecule has 6 nitrogen and oxygen atoms in total. The first-order valence-corrected chi connectivity index (χ1v) is 10.2. The van der Waals surface area contributed by atoms with E-state index >= 15 is 0 Å². The molecule has 0 fully saturated rings. The van der Waals surface area contributed by atoms with Gasteiger partial charge >= 0.3 is 0 Å². The first-order chi connectivity index (χ1) is 14.5. The number of carbonyl (C=O) groups excluding carboxylic acids is 2. The zero-order valence-electron chi connectivity index (χ0n) is 15.6. The van der Waals surface area contributed by atoms with Gasteiger partial charge in [-0.25, -0.2) is 4.98 Å². The fraction of sp³-hybridized carbons (Fsp3) is 0.0455. The third-order valence-electron chi connectivity index (χ3n) is 4.28. The number of aromatic nitrogens is 1. The standard InChI is InChI=1S/C22H16ClN3O3S/c23-20-10-9-19(30-20)18-11-16(15-3-1-2-4-17(15)26-18)22(28)25-13-5-7-14(8-6-13)29-12-21(24)27/h1-11H,12H2,(H2,24,27)(H,25,28). The Morgan fingerprint density at radius 3 is 2.53 bits per heavy atom. The molecule has 2 heterocycles. The van der Waals surface area contributed by atoms with E-state index in [4.69, 9.17) is 22.1 Å². The predicted octanol–water partition coefficient (Wildman–Crippen LogP) is 4.73. The zero-order valence-corrected chi connectivity index (χ0v) is 17.2. The van der Waals surface area contributed by atoms with Gasteiger partial charge in [-0.15, -0.1) is 11.3 Å². The Kier molecular flexibility index (Phi) is 5.65. The van der Waals surface area contributed by atoms with Crippen molar-refractivity contribution in [2.75, 3.05) is 11.9 Å². The van der Waals surface area contributed by atoms with Crippen molar-refractivity contribution in [2.45, 2.75) is 0 Å². The summed E-state index contributed by atoms with van der Waals surface area (Å²) in [7, 11) is 0. The Bertz CT molecular complexity index is 1240. The predicted molar refractivity (Wildman–Crippen MR) is 119 cm³/mol. The molecule has 0 radical (unpaired) electrons. The van der Waals surface area contributed by atoms with Crippen LogP contribution >= 0.6 is 22.9 Å². The van der Waals surface area contributed by atoms with Crippen molar-refractivity contribution in [3.63, 3.8) is 0 Å². The van der Waals surface area contributed by atoms with E-state index in [-0.39, 0.29) is 12.5 Å². The number of fused-ring (bicyclic) bond motifs is 1. The number of benzene rings is 2. The number of halogens is 1. The molecule has 3 N–H and O–H groups in total. The highest BCUT2D eigenvalue weighted by Gasteiger charge is 2.15. The Hall–Kier alpha value is -3.42. The molecule has 0 spiro atoms. The number of nitrogens with one attached hydrogen (secondary N) is 1. The number of nitrogens with zero attached hydrogens (tertiary/aromatic N) is 1. The van der Waals surface area contributed by atoms with Crippen LogP contribution in [0.4, 0.5) is 5.69 Å². The summed E-state index contributed by atoms with van der Waals surface area (Å²) in [5, 5.41) is 3.64. The van der Waals surface area contributed by atoms with E-state index in [1.54, 1.807) is 36.4 Å². The maximum atomic E-state index is 13.1. The number of primary amides is 1. The fourth-order valence-electron chi connectivity index (χ4n) is 2.93. The van der Waals surface area contributed by atoms with E-state index in [0.717, 1.165) is 15.8 Å². The molecule has 0 atom stereocenters. The van der Waals surface area contributed by atoms with Gasteiger partial charge < -0.3 is 15.8 Å². The van der Waals surface area contributed by atoms with Gasteiger partial charge in [-0.3, -0.25) is 9.59 Å². The van der Waals surface area contributed by atoms with Crippen LogP contribution in [-0.4, -0.2) is 23.4 Å². The maximum Gasteiger partial charge on any atom is 0.256 e. The lowest BCUT2D eigenvalue weighted by Crippen LogP contribution is -2.20. The number of nitrogens with two attached hydrogens (primary N) is 1. The highest BCUT2D eigenvalue weighted by atomic mass is 35.5. The fourth-order valence-corrected chi connectivity index (χ4v) is 3.93. The average molecular weight is 438 g/mol. The zero-order chi connectivity index (χ0) is 21.1. The van der Waals surface area contributed by atoms with Gasteiger partial charge in [-0.05, 0) is 48.5 Å². The molecule has 0 saturated heterocycles. The molecule has 0 aliphatic rings. The first kappa shape index (κ1) is 19.9. The van der Waals surface area contributed by atoms with E-state index in [1.165, 1.54) is 11.3 Å². The largest absolute Gasteiger partial charge is 0.484 e. The minimum atomic E-state index is -0.556. The molecule has 2 aromatic heterocycles. The molecule has 8 heteroatoms. The van der Waals surface area contributed by atoms with Crippen molar-refractivity contribution in [2.24, 2.45) is 5.73 Å². The number of pyridine rings is 1. The van der Waals surface area contributed by atoms with E-state index in [1.807, 2.05) is 30.3 Å².